The zero-order valence-electron chi connectivity index (χ0n) is 8.52. The summed E-state index contributed by atoms with van der Waals surface area (Å²) >= 11 is 0. The zero-order chi connectivity index (χ0) is 10.7. The molecule has 1 aliphatic rings. The van der Waals surface area contributed by atoms with Crippen molar-refractivity contribution in [3.05, 3.63) is 0 Å². The molecule has 1 aromatic rings. The van der Waals surface area contributed by atoms with Crippen LogP contribution in [0.25, 0.3) is 0 Å². The summed E-state index contributed by atoms with van der Waals surface area (Å²) in [7, 11) is 1.67. The molecule has 1 saturated heterocycles. The van der Waals surface area contributed by atoms with Crippen molar-refractivity contribution in [1.29, 1.82) is 0 Å². The van der Waals surface area contributed by atoms with Crippen molar-refractivity contribution < 1.29 is 13.9 Å². The molecule has 1 aromatic heterocycles. The predicted molar refractivity (Wildman–Crippen MR) is 52.4 cm³/mol. The predicted octanol–water partition coefficient (Wildman–Crippen LogP) is -0.131. The van der Waals surface area contributed by atoms with Crippen molar-refractivity contribution in [1.82, 2.24) is 10.2 Å². The molecular weight excluding hydrogens is 200 g/mol. The molecule has 0 saturated carbocycles. The Balaban J connectivity index is 1.91. The quantitative estimate of drug-likeness (QED) is 0.720. The van der Waals surface area contributed by atoms with E-state index in [9.17, 15) is 0 Å². The lowest BCUT2D eigenvalue weighted by Crippen LogP contribution is -2.39. The van der Waals surface area contributed by atoms with Gasteiger partial charge in [-0.05, 0) is 0 Å². The Labute approximate surface area is 86.9 Å². The lowest BCUT2D eigenvalue weighted by Gasteiger charge is -2.25. The van der Waals surface area contributed by atoms with E-state index in [1.807, 2.05) is 0 Å². The second kappa shape index (κ2) is 4.03. The van der Waals surface area contributed by atoms with Gasteiger partial charge in [-0.3, -0.25) is 0 Å². The van der Waals surface area contributed by atoms with Crippen LogP contribution >= 0.6 is 0 Å². The first-order chi connectivity index (χ1) is 7.24. The Kier molecular flexibility index (Phi) is 2.74. The maximum atomic E-state index is 5.42. The van der Waals surface area contributed by atoms with Gasteiger partial charge in [0.25, 0.3) is 0 Å². The van der Waals surface area contributed by atoms with Gasteiger partial charge in [0, 0.05) is 20.1 Å². The molecule has 1 unspecified atom stereocenters. The number of methoxy groups -OCH3 is 1. The summed E-state index contributed by atoms with van der Waals surface area (Å²) in [5, 5.41) is 10.2. The average Bonchev–Trinajstić information content (AvgIpc) is 2.85. The summed E-state index contributed by atoms with van der Waals surface area (Å²) in [5.41, 5.74) is 4.99. The van der Waals surface area contributed by atoms with E-state index in [1.54, 1.807) is 7.11 Å². The number of ether oxygens (including phenoxy) is 2. The van der Waals surface area contributed by atoms with Crippen molar-refractivity contribution in [2.75, 3.05) is 37.9 Å². The SMILES string of the molecule is COC1(CNc2nnc(N)o2)CCOC1. The molecule has 1 aliphatic heterocycles. The summed E-state index contributed by atoms with van der Waals surface area (Å²) in [6.45, 7) is 1.84. The number of nitrogens with one attached hydrogen (secondary N) is 1. The van der Waals surface area contributed by atoms with Gasteiger partial charge in [-0.2, -0.15) is 0 Å². The third kappa shape index (κ3) is 2.18. The number of nitrogen functional groups attached to an aromatic ring is 1. The molecule has 0 radical (unpaired) electrons. The monoisotopic (exact) mass is 214 g/mol. The molecule has 3 N–H and O–H groups in total. The van der Waals surface area contributed by atoms with Crippen molar-refractivity contribution in [3.63, 3.8) is 0 Å². The van der Waals surface area contributed by atoms with Gasteiger partial charge in [-0.15, -0.1) is 0 Å². The van der Waals surface area contributed by atoms with Crippen molar-refractivity contribution in [3.8, 4) is 0 Å². The third-order valence-corrected chi connectivity index (χ3v) is 2.50. The van der Waals surface area contributed by atoms with Crippen LogP contribution in [0.1, 0.15) is 6.42 Å². The Hall–Kier alpha value is -1.34. The van der Waals surface area contributed by atoms with E-state index in [0.717, 1.165) is 6.42 Å². The van der Waals surface area contributed by atoms with E-state index in [2.05, 4.69) is 15.5 Å². The molecule has 7 nitrogen and oxygen atoms in total. The molecule has 7 heteroatoms. The molecule has 0 aromatic carbocycles. The number of hydrogen-bond donors (Lipinski definition) is 2. The Bertz CT molecular complexity index is 321. The van der Waals surface area contributed by atoms with E-state index in [0.29, 0.717) is 25.8 Å². The van der Waals surface area contributed by atoms with E-state index < -0.39 is 0 Å². The minimum Gasteiger partial charge on any atom is -0.390 e. The normalized spacial score (nSPS) is 25.7. The molecular formula is C8H14N4O3. The molecule has 0 spiro atoms. The van der Waals surface area contributed by atoms with Crippen LogP contribution < -0.4 is 11.1 Å². The maximum Gasteiger partial charge on any atom is 0.316 e. The van der Waals surface area contributed by atoms with Crippen LogP contribution in [0.3, 0.4) is 0 Å². The van der Waals surface area contributed by atoms with E-state index in [-0.39, 0.29) is 11.6 Å². The minimum atomic E-state index is -0.302. The summed E-state index contributed by atoms with van der Waals surface area (Å²) < 4.78 is 15.7. The smallest absolute Gasteiger partial charge is 0.316 e. The van der Waals surface area contributed by atoms with Crippen LogP contribution in [0, 0.1) is 0 Å². The Morgan fingerprint density at radius 1 is 1.60 bits per heavy atom. The lowest BCUT2D eigenvalue weighted by atomic mass is 10.0. The van der Waals surface area contributed by atoms with Crippen molar-refractivity contribution >= 4 is 12.0 Å². The topological polar surface area (TPSA) is 95.4 Å². The summed E-state index contributed by atoms with van der Waals surface area (Å²) in [5.74, 6) is 0. The van der Waals surface area contributed by atoms with Gasteiger partial charge in [0.15, 0.2) is 0 Å². The highest BCUT2D eigenvalue weighted by molar-refractivity contribution is 5.23. The van der Waals surface area contributed by atoms with Gasteiger partial charge in [0.2, 0.25) is 0 Å². The average molecular weight is 214 g/mol. The third-order valence-electron chi connectivity index (χ3n) is 2.50. The molecule has 0 amide bonds. The number of hydrogen-bond acceptors (Lipinski definition) is 7. The first-order valence-electron chi connectivity index (χ1n) is 4.70. The molecule has 15 heavy (non-hydrogen) atoms. The fourth-order valence-corrected chi connectivity index (χ4v) is 1.50. The van der Waals surface area contributed by atoms with Gasteiger partial charge in [-0.1, -0.05) is 10.2 Å². The summed E-state index contributed by atoms with van der Waals surface area (Å²) in [6, 6.07) is 0.350. The maximum absolute atomic E-state index is 5.42. The molecule has 1 fully saturated rings. The fraction of sp³-hybridized carbons (Fsp3) is 0.750. The van der Waals surface area contributed by atoms with Gasteiger partial charge in [-0.25, -0.2) is 0 Å². The minimum absolute atomic E-state index is 0.0478. The van der Waals surface area contributed by atoms with Crippen LogP contribution in [0.5, 0.6) is 0 Å². The molecule has 2 heterocycles. The molecule has 1 atom stereocenters. The number of nitrogens with two attached hydrogens (primary N) is 1. The summed E-state index contributed by atoms with van der Waals surface area (Å²) in [4.78, 5) is 0. The number of rotatable bonds is 4. The number of nitrogens with zero attached hydrogens (tertiary/aromatic N) is 2. The zero-order valence-corrected chi connectivity index (χ0v) is 8.52. The van der Waals surface area contributed by atoms with Gasteiger partial charge >= 0.3 is 12.0 Å². The first-order valence-corrected chi connectivity index (χ1v) is 4.70. The molecule has 0 bridgehead atoms. The van der Waals surface area contributed by atoms with Crippen LogP contribution in [0.4, 0.5) is 12.0 Å². The van der Waals surface area contributed by atoms with E-state index in [4.69, 9.17) is 19.6 Å². The highest BCUT2D eigenvalue weighted by Crippen LogP contribution is 2.22. The summed E-state index contributed by atoms with van der Waals surface area (Å²) in [6.07, 6.45) is 0.847. The highest BCUT2D eigenvalue weighted by atomic mass is 16.5. The second-order valence-corrected chi connectivity index (χ2v) is 3.49. The largest absolute Gasteiger partial charge is 0.390 e. The van der Waals surface area contributed by atoms with Crippen molar-refractivity contribution in [2.45, 2.75) is 12.0 Å². The van der Waals surface area contributed by atoms with Crippen LogP contribution in [0.2, 0.25) is 0 Å². The van der Waals surface area contributed by atoms with E-state index in [1.165, 1.54) is 0 Å². The molecule has 0 aliphatic carbocycles. The van der Waals surface area contributed by atoms with Crippen LogP contribution in [-0.2, 0) is 9.47 Å². The van der Waals surface area contributed by atoms with E-state index >= 15 is 0 Å². The highest BCUT2D eigenvalue weighted by Gasteiger charge is 2.35. The lowest BCUT2D eigenvalue weighted by molar-refractivity contribution is -0.00652. The Morgan fingerprint density at radius 2 is 2.47 bits per heavy atom. The standard InChI is InChI=1S/C8H14N4O3/c1-13-8(2-3-14-5-8)4-10-7-12-11-6(9)15-7/h2-5H2,1H3,(H2,9,11)(H,10,12). The van der Waals surface area contributed by atoms with Gasteiger partial charge < -0.3 is 24.9 Å². The number of aromatic nitrogens is 2. The van der Waals surface area contributed by atoms with Gasteiger partial charge in [0.05, 0.1) is 13.2 Å². The second-order valence-electron chi connectivity index (χ2n) is 3.49. The Morgan fingerprint density at radius 3 is 3.00 bits per heavy atom. The van der Waals surface area contributed by atoms with Crippen molar-refractivity contribution in [2.24, 2.45) is 0 Å². The molecule has 2 rings (SSSR count). The number of anilines is 2. The van der Waals surface area contributed by atoms with Crippen LogP contribution in [0.15, 0.2) is 4.42 Å². The molecule has 84 valence electrons. The van der Waals surface area contributed by atoms with Gasteiger partial charge in [0.1, 0.15) is 5.60 Å². The first kappa shape index (κ1) is 10.2. The fourth-order valence-electron chi connectivity index (χ4n) is 1.50. The van der Waals surface area contributed by atoms with Crippen LogP contribution in [-0.4, -0.2) is 42.7 Å².